The Morgan fingerprint density at radius 2 is 1.26 bits per heavy atom. The molecule has 0 spiro atoms. The van der Waals surface area contributed by atoms with Crippen LogP contribution in [0.4, 0.5) is 4.39 Å². The van der Waals surface area contributed by atoms with E-state index < -0.39 is 12.7 Å². The van der Waals surface area contributed by atoms with Gasteiger partial charge in [0.1, 0.15) is 18.0 Å². The summed E-state index contributed by atoms with van der Waals surface area (Å²) in [5.41, 5.74) is 0. The Hall–Kier alpha value is -2.87. The summed E-state index contributed by atoms with van der Waals surface area (Å²) in [6, 6.07) is 23.2. The number of rotatable bonds is 2. The summed E-state index contributed by atoms with van der Waals surface area (Å²) in [4.78, 5) is 0. The van der Waals surface area contributed by atoms with Gasteiger partial charge in [0, 0.05) is 6.89 Å². The lowest BCUT2D eigenvalue weighted by molar-refractivity contribution is 0.668. The van der Waals surface area contributed by atoms with E-state index in [1.54, 1.807) is 0 Å². The lowest BCUT2D eigenvalue weighted by Gasteiger charge is -2.30. The minimum absolute atomic E-state index is 0.312. The van der Waals surface area contributed by atoms with Gasteiger partial charge in [-0.3, -0.25) is 0 Å². The molecule has 1 aliphatic heterocycles. The van der Waals surface area contributed by atoms with Crippen LogP contribution in [0.2, 0.25) is 0 Å². The maximum atomic E-state index is 13.9. The molecule has 1 aliphatic rings. The van der Waals surface area contributed by atoms with Crippen LogP contribution < -0.4 is 10.6 Å². The number of allylic oxidation sites excluding steroid dienone is 4. The first kappa shape index (κ1) is 15.0. The summed E-state index contributed by atoms with van der Waals surface area (Å²) in [6.07, 6.45) is 2.52. The van der Waals surface area contributed by atoms with Gasteiger partial charge in [-0.15, -0.1) is 0 Å². The molecular formula is C19H12FN2P. The first-order valence-electron chi connectivity index (χ1n) is 7.01. The minimum atomic E-state index is -2.61. The second-order valence-corrected chi connectivity index (χ2v) is 8.35. The fourth-order valence-electron chi connectivity index (χ4n) is 2.85. The average molecular weight is 318 g/mol. The molecule has 0 bridgehead atoms. The van der Waals surface area contributed by atoms with E-state index in [0.29, 0.717) is 10.6 Å². The van der Waals surface area contributed by atoms with Gasteiger partial charge in [-0.1, -0.05) is 60.7 Å². The van der Waals surface area contributed by atoms with Crippen LogP contribution in [0.25, 0.3) is 0 Å². The molecular weight excluding hydrogens is 306 g/mol. The largest absolute Gasteiger partial charge is 0.207 e. The highest BCUT2D eigenvalue weighted by molar-refractivity contribution is 7.93. The molecule has 2 nitrogen and oxygen atoms in total. The summed E-state index contributed by atoms with van der Waals surface area (Å²) in [7, 11) is 0. The van der Waals surface area contributed by atoms with Crippen molar-refractivity contribution < 1.29 is 4.39 Å². The Morgan fingerprint density at radius 1 is 0.739 bits per heavy atom. The molecule has 0 atom stereocenters. The van der Waals surface area contributed by atoms with E-state index in [4.69, 9.17) is 0 Å². The zero-order chi connectivity index (χ0) is 16.3. The van der Waals surface area contributed by atoms with Crippen LogP contribution >= 0.6 is 6.89 Å². The monoisotopic (exact) mass is 318 g/mol. The van der Waals surface area contributed by atoms with Gasteiger partial charge in [0.25, 0.3) is 0 Å². The third-order valence-corrected chi connectivity index (χ3v) is 7.84. The molecule has 0 saturated carbocycles. The zero-order valence-corrected chi connectivity index (χ0v) is 13.0. The number of nitriles is 2. The fourth-order valence-corrected chi connectivity index (χ4v) is 6.69. The Kier molecular flexibility index (Phi) is 3.98. The van der Waals surface area contributed by atoms with Crippen molar-refractivity contribution in [3.8, 4) is 12.1 Å². The lowest BCUT2D eigenvalue weighted by atomic mass is 10.3. The maximum Gasteiger partial charge on any atom is 0.125 e. The minimum Gasteiger partial charge on any atom is -0.207 e. The van der Waals surface area contributed by atoms with E-state index in [9.17, 15) is 14.9 Å². The molecule has 2 aromatic carbocycles. The van der Waals surface area contributed by atoms with Crippen molar-refractivity contribution in [2.45, 2.75) is 0 Å². The quantitative estimate of drug-likeness (QED) is 0.794. The van der Waals surface area contributed by atoms with Crippen molar-refractivity contribution in [2.24, 2.45) is 0 Å². The standard InChI is InChI=1S/C19H12FN2P/c20-15-11-18(13-21)23(19(12-15)14-22,16-7-3-1-4-8-16)17-9-5-2-6-10-17/h1-12H. The van der Waals surface area contributed by atoms with E-state index in [1.165, 1.54) is 12.2 Å². The van der Waals surface area contributed by atoms with Crippen LogP contribution in [0.5, 0.6) is 0 Å². The summed E-state index contributed by atoms with van der Waals surface area (Å²) < 4.78 is 13.9. The molecule has 0 unspecified atom stereocenters. The van der Waals surface area contributed by atoms with Gasteiger partial charge in [0.2, 0.25) is 0 Å². The predicted molar refractivity (Wildman–Crippen MR) is 92.6 cm³/mol. The predicted octanol–water partition coefficient (Wildman–Crippen LogP) is 3.63. The molecule has 0 N–H and O–H groups in total. The molecule has 0 fully saturated rings. The molecule has 1 heterocycles. The Morgan fingerprint density at radius 3 is 1.70 bits per heavy atom. The zero-order valence-electron chi connectivity index (χ0n) is 12.1. The average Bonchev–Trinajstić information content (AvgIpc) is 2.62. The molecule has 4 heteroatoms. The normalized spacial score (nSPS) is 15.9. The number of hydrogen-bond acceptors (Lipinski definition) is 2. The molecule has 2 aromatic rings. The fraction of sp³-hybridized carbons (Fsp3) is 0. The third-order valence-electron chi connectivity index (χ3n) is 3.79. The second kappa shape index (κ2) is 6.09. The van der Waals surface area contributed by atoms with Gasteiger partial charge in [0.05, 0.1) is 10.6 Å². The Bertz CT molecular complexity index is 899. The van der Waals surface area contributed by atoms with E-state index in [0.717, 1.165) is 10.6 Å². The highest BCUT2D eigenvalue weighted by Gasteiger charge is 2.34. The first-order chi connectivity index (χ1) is 11.2. The summed E-state index contributed by atoms with van der Waals surface area (Å²) >= 11 is 0. The van der Waals surface area contributed by atoms with Crippen molar-refractivity contribution in [3.05, 3.63) is 84.0 Å². The van der Waals surface area contributed by atoms with Crippen LogP contribution in [0.15, 0.2) is 84.0 Å². The number of benzene rings is 2. The van der Waals surface area contributed by atoms with Crippen LogP contribution in [0.1, 0.15) is 0 Å². The van der Waals surface area contributed by atoms with E-state index in [-0.39, 0.29) is 0 Å². The van der Waals surface area contributed by atoms with Gasteiger partial charge in [-0.2, -0.15) is 10.5 Å². The van der Waals surface area contributed by atoms with Crippen LogP contribution in [0.3, 0.4) is 0 Å². The van der Waals surface area contributed by atoms with Crippen molar-refractivity contribution in [2.75, 3.05) is 0 Å². The Balaban J connectivity index is 2.55. The number of hydrogen-bond donors (Lipinski definition) is 0. The highest BCUT2D eigenvalue weighted by atomic mass is 31.2. The van der Waals surface area contributed by atoms with Crippen LogP contribution in [-0.4, -0.2) is 5.29 Å². The number of halogens is 1. The molecule has 0 radical (unpaired) electrons. The van der Waals surface area contributed by atoms with Crippen molar-refractivity contribution in [3.63, 3.8) is 0 Å². The summed E-state index contributed by atoms with van der Waals surface area (Å²) in [6.45, 7) is -2.61. The topological polar surface area (TPSA) is 47.6 Å². The van der Waals surface area contributed by atoms with Gasteiger partial charge < -0.3 is 0 Å². The maximum absolute atomic E-state index is 13.9. The molecule has 23 heavy (non-hydrogen) atoms. The summed E-state index contributed by atoms with van der Waals surface area (Å²) in [5, 5.41) is 21.7. The van der Waals surface area contributed by atoms with Crippen molar-refractivity contribution in [1.82, 2.24) is 0 Å². The smallest absolute Gasteiger partial charge is 0.125 e. The van der Waals surface area contributed by atoms with Gasteiger partial charge in [-0.25, -0.2) is 4.39 Å². The molecule has 0 saturated heterocycles. The van der Waals surface area contributed by atoms with E-state index >= 15 is 0 Å². The molecule has 0 amide bonds. The molecule has 0 aromatic heterocycles. The molecule has 3 rings (SSSR count). The third kappa shape index (κ3) is 2.33. The van der Waals surface area contributed by atoms with Crippen LogP contribution in [-0.2, 0) is 0 Å². The summed E-state index contributed by atoms with van der Waals surface area (Å²) in [5.74, 6) is -0.555. The number of nitrogens with zero attached hydrogens (tertiary/aromatic N) is 2. The highest BCUT2D eigenvalue weighted by Crippen LogP contribution is 2.56. The lowest BCUT2D eigenvalue weighted by Crippen LogP contribution is -2.24. The van der Waals surface area contributed by atoms with E-state index in [2.05, 4.69) is 12.1 Å². The van der Waals surface area contributed by atoms with Gasteiger partial charge >= 0.3 is 0 Å². The van der Waals surface area contributed by atoms with Gasteiger partial charge in [0.15, 0.2) is 0 Å². The molecule has 110 valence electrons. The molecule has 0 aliphatic carbocycles. The SMILES string of the molecule is N#CC1=CC(F)=CC(C#N)=P1(c1ccccc1)c1ccccc1. The van der Waals surface area contributed by atoms with E-state index in [1.807, 2.05) is 60.7 Å². The van der Waals surface area contributed by atoms with Crippen molar-refractivity contribution >= 4 is 22.8 Å². The van der Waals surface area contributed by atoms with Gasteiger partial charge in [-0.05, 0) is 22.8 Å². The first-order valence-corrected chi connectivity index (χ1v) is 8.80. The Labute approximate surface area is 134 Å². The van der Waals surface area contributed by atoms with Crippen molar-refractivity contribution in [1.29, 1.82) is 10.5 Å². The van der Waals surface area contributed by atoms with Crippen LogP contribution in [0, 0.1) is 22.7 Å². The second-order valence-electron chi connectivity index (χ2n) is 5.01.